The van der Waals surface area contributed by atoms with Crippen molar-refractivity contribution < 1.29 is 13.6 Å². The van der Waals surface area contributed by atoms with Gasteiger partial charge in [0.15, 0.2) is 5.82 Å². The molecule has 2 aromatic heterocycles. The van der Waals surface area contributed by atoms with Crippen LogP contribution in [0.2, 0.25) is 0 Å². The SMILES string of the molecule is CC(C)n1cccc1-c1cc2cc(NC(=O)C3CC3F)ncc2c(N)c1F. The molecule has 0 aliphatic heterocycles. The van der Waals surface area contributed by atoms with Crippen LogP contribution in [0.1, 0.15) is 26.3 Å². The summed E-state index contributed by atoms with van der Waals surface area (Å²) in [5.41, 5.74) is 7.13. The third-order valence-corrected chi connectivity index (χ3v) is 4.91. The Labute approximate surface area is 155 Å². The second kappa shape index (κ2) is 6.33. The van der Waals surface area contributed by atoms with E-state index < -0.39 is 23.8 Å². The molecule has 27 heavy (non-hydrogen) atoms. The van der Waals surface area contributed by atoms with E-state index >= 15 is 0 Å². The number of rotatable bonds is 4. The molecule has 1 aromatic carbocycles. The predicted octanol–water partition coefficient (Wildman–Crippen LogP) is 4.30. The van der Waals surface area contributed by atoms with Crippen molar-refractivity contribution in [3.05, 3.63) is 42.5 Å². The Hall–Kier alpha value is -2.96. The lowest BCUT2D eigenvalue weighted by Gasteiger charge is -2.16. The predicted molar refractivity (Wildman–Crippen MR) is 102 cm³/mol. The maximum atomic E-state index is 14.9. The lowest BCUT2D eigenvalue weighted by molar-refractivity contribution is -0.117. The number of alkyl halides is 1. The summed E-state index contributed by atoms with van der Waals surface area (Å²) in [6, 6.07) is 7.18. The number of nitrogens with zero attached hydrogens (tertiary/aromatic N) is 2. The molecule has 0 saturated heterocycles. The molecule has 1 amide bonds. The van der Waals surface area contributed by atoms with Gasteiger partial charge in [0, 0.05) is 29.4 Å². The smallest absolute Gasteiger partial charge is 0.231 e. The molecule has 2 heterocycles. The van der Waals surface area contributed by atoms with Gasteiger partial charge in [-0.1, -0.05) is 0 Å². The van der Waals surface area contributed by atoms with Crippen molar-refractivity contribution in [2.45, 2.75) is 32.5 Å². The van der Waals surface area contributed by atoms with E-state index in [1.165, 1.54) is 6.20 Å². The maximum absolute atomic E-state index is 14.9. The quantitative estimate of drug-likeness (QED) is 0.673. The van der Waals surface area contributed by atoms with Crippen LogP contribution in [0.25, 0.3) is 22.0 Å². The van der Waals surface area contributed by atoms with E-state index in [-0.39, 0.29) is 18.2 Å². The molecule has 3 aromatic rings. The van der Waals surface area contributed by atoms with Crippen molar-refractivity contribution in [2.75, 3.05) is 11.1 Å². The number of amides is 1. The van der Waals surface area contributed by atoms with Gasteiger partial charge in [-0.15, -0.1) is 0 Å². The number of fused-ring (bicyclic) bond motifs is 1. The van der Waals surface area contributed by atoms with Crippen LogP contribution in [-0.4, -0.2) is 21.6 Å². The summed E-state index contributed by atoms with van der Waals surface area (Å²) in [5, 5.41) is 3.73. The number of pyridine rings is 1. The number of carbonyl (C=O) groups excluding carboxylic acids is 1. The van der Waals surface area contributed by atoms with Crippen LogP contribution in [0.3, 0.4) is 0 Å². The number of halogens is 2. The minimum absolute atomic E-state index is 0.00963. The van der Waals surface area contributed by atoms with Crippen molar-refractivity contribution in [3.8, 4) is 11.3 Å². The molecule has 0 spiro atoms. The van der Waals surface area contributed by atoms with Gasteiger partial charge >= 0.3 is 0 Å². The van der Waals surface area contributed by atoms with Gasteiger partial charge in [-0.25, -0.2) is 13.8 Å². The van der Waals surface area contributed by atoms with E-state index in [0.29, 0.717) is 22.2 Å². The molecule has 5 nitrogen and oxygen atoms in total. The summed E-state index contributed by atoms with van der Waals surface area (Å²) < 4.78 is 29.9. The number of nitrogens with two attached hydrogens (primary N) is 1. The third kappa shape index (κ3) is 3.03. The lowest BCUT2D eigenvalue weighted by Crippen LogP contribution is -2.15. The van der Waals surface area contributed by atoms with E-state index in [9.17, 15) is 13.6 Å². The minimum Gasteiger partial charge on any atom is -0.396 e. The zero-order chi connectivity index (χ0) is 19.3. The molecule has 2 unspecified atom stereocenters. The molecule has 2 atom stereocenters. The topological polar surface area (TPSA) is 72.9 Å². The molecule has 1 fully saturated rings. The summed E-state index contributed by atoms with van der Waals surface area (Å²) in [7, 11) is 0. The summed E-state index contributed by atoms with van der Waals surface area (Å²) in [6.07, 6.45) is 2.48. The molecule has 7 heteroatoms. The van der Waals surface area contributed by atoms with Crippen LogP contribution in [0.4, 0.5) is 20.3 Å². The van der Waals surface area contributed by atoms with E-state index in [0.717, 1.165) is 5.69 Å². The lowest BCUT2D eigenvalue weighted by atomic mass is 10.0. The van der Waals surface area contributed by atoms with Crippen LogP contribution >= 0.6 is 0 Å². The Balaban J connectivity index is 1.78. The fraction of sp³-hybridized carbons (Fsp3) is 0.300. The highest BCUT2D eigenvalue weighted by Gasteiger charge is 2.43. The average Bonchev–Trinajstić information content (AvgIpc) is 3.16. The van der Waals surface area contributed by atoms with Crippen molar-refractivity contribution >= 4 is 28.2 Å². The standard InChI is InChI=1S/C20H20F2N4O/c1-10(2)26-5-3-4-16(26)13-6-11-7-17(25-20(27)12-8-15(12)21)24-9-14(11)19(23)18(13)22/h3-7,9-10,12,15H,8,23H2,1-2H3,(H,24,25,27). The molecule has 140 valence electrons. The van der Waals surface area contributed by atoms with Gasteiger partial charge in [-0.05, 0) is 49.9 Å². The number of anilines is 2. The van der Waals surface area contributed by atoms with Gasteiger partial charge < -0.3 is 15.6 Å². The highest BCUT2D eigenvalue weighted by Crippen LogP contribution is 2.36. The molecular weight excluding hydrogens is 350 g/mol. The van der Waals surface area contributed by atoms with E-state index in [2.05, 4.69) is 10.3 Å². The molecule has 1 saturated carbocycles. The Kier molecular flexibility index (Phi) is 4.09. The Morgan fingerprint density at radius 1 is 1.41 bits per heavy atom. The van der Waals surface area contributed by atoms with Crippen molar-refractivity contribution in [1.82, 2.24) is 9.55 Å². The highest BCUT2D eigenvalue weighted by molar-refractivity contribution is 6.00. The van der Waals surface area contributed by atoms with Gasteiger partial charge in [0.05, 0.1) is 17.3 Å². The van der Waals surface area contributed by atoms with Crippen LogP contribution in [0.15, 0.2) is 36.7 Å². The monoisotopic (exact) mass is 370 g/mol. The Bertz CT molecular complexity index is 1040. The Morgan fingerprint density at radius 3 is 2.81 bits per heavy atom. The normalized spacial score (nSPS) is 18.9. The molecule has 4 rings (SSSR count). The molecule has 1 aliphatic rings. The number of nitrogens with one attached hydrogen (secondary N) is 1. The second-order valence-electron chi connectivity index (χ2n) is 7.18. The van der Waals surface area contributed by atoms with Crippen LogP contribution < -0.4 is 11.1 Å². The van der Waals surface area contributed by atoms with E-state index in [1.807, 2.05) is 36.7 Å². The first-order valence-corrected chi connectivity index (χ1v) is 8.86. The van der Waals surface area contributed by atoms with Crippen LogP contribution in [0, 0.1) is 11.7 Å². The van der Waals surface area contributed by atoms with Gasteiger partial charge in [0.2, 0.25) is 5.91 Å². The summed E-state index contributed by atoms with van der Waals surface area (Å²) in [6.45, 7) is 4.03. The summed E-state index contributed by atoms with van der Waals surface area (Å²) >= 11 is 0. The van der Waals surface area contributed by atoms with Crippen molar-refractivity contribution in [1.29, 1.82) is 0 Å². The minimum atomic E-state index is -1.08. The first-order chi connectivity index (χ1) is 12.9. The first-order valence-electron chi connectivity index (χ1n) is 8.86. The van der Waals surface area contributed by atoms with E-state index in [1.54, 1.807) is 12.1 Å². The fourth-order valence-electron chi connectivity index (χ4n) is 3.28. The van der Waals surface area contributed by atoms with Gasteiger partial charge in [0.25, 0.3) is 0 Å². The van der Waals surface area contributed by atoms with Crippen molar-refractivity contribution in [2.24, 2.45) is 5.92 Å². The summed E-state index contributed by atoms with van der Waals surface area (Å²) in [4.78, 5) is 16.1. The van der Waals surface area contributed by atoms with Crippen LogP contribution in [0.5, 0.6) is 0 Å². The number of benzene rings is 1. The number of hydrogen-bond donors (Lipinski definition) is 2. The third-order valence-electron chi connectivity index (χ3n) is 4.91. The zero-order valence-electron chi connectivity index (χ0n) is 15.0. The van der Waals surface area contributed by atoms with Gasteiger partial charge in [-0.3, -0.25) is 4.79 Å². The molecule has 3 N–H and O–H groups in total. The van der Waals surface area contributed by atoms with E-state index in [4.69, 9.17) is 5.73 Å². The Morgan fingerprint density at radius 2 is 2.15 bits per heavy atom. The van der Waals surface area contributed by atoms with Crippen LogP contribution in [-0.2, 0) is 4.79 Å². The molecular formula is C20H20F2N4O. The zero-order valence-corrected chi connectivity index (χ0v) is 15.0. The number of aromatic nitrogens is 2. The second-order valence-corrected chi connectivity index (χ2v) is 7.18. The first kappa shape index (κ1) is 17.5. The number of nitrogen functional groups attached to an aromatic ring is 1. The maximum Gasteiger partial charge on any atom is 0.231 e. The van der Waals surface area contributed by atoms with Crippen molar-refractivity contribution in [3.63, 3.8) is 0 Å². The number of hydrogen-bond acceptors (Lipinski definition) is 3. The highest BCUT2D eigenvalue weighted by atomic mass is 19.1. The van der Waals surface area contributed by atoms with Gasteiger partial charge in [0.1, 0.15) is 12.0 Å². The molecule has 0 bridgehead atoms. The average molecular weight is 370 g/mol. The fourth-order valence-corrected chi connectivity index (χ4v) is 3.28. The summed E-state index contributed by atoms with van der Waals surface area (Å²) in [5.74, 6) is -1.20. The number of carbonyl (C=O) groups is 1. The largest absolute Gasteiger partial charge is 0.396 e. The molecule has 1 aliphatic carbocycles. The van der Waals surface area contributed by atoms with Gasteiger partial charge in [-0.2, -0.15) is 0 Å². The molecule has 0 radical (unpaired) electrons.